The van der Waals surface area contributed by atoms with E-state index in [4.69, 9.17) is 5.73 Å². The fraction of sp³-hybridized carbons (Fsp3) is 0.318. The molecule has 1 atom stereocenters. The first-order chi connectivity index (χ1) is 15.3. The van der Waals surface area contributed by atoms with Gasteiger partial charge >= 0.3 is 6.18 Å². The summed E-state index contributed by atoms with van der Waals surface area (Å²) in [6, 6.07) is 9.55. The minimum atomic E-state index is -4.64. The van der Waals surface area contributed by atoms with E-state index in [1.54, 1.807) is 30.3 Å². The molecule has 1 aromatic carbocycles. The van der Waals surface area contributed by atoms with E-state index < -0.39 is 11.9 Å². The number of piperidine rings is 1. The molecule has 1 aliphatic heterocycles. The molecule has 1 aliphatic rings. The van der Waals surface area contributed by atoms with Crippen molar-refractivity contribution in [2.24, 2.45) is 5.73 Å². The molecule has 1 fully saturated rings. The van der Waals surface area contributed by atoms with Crippen molar-refractivity contribution < 1.29 is 18.0 Å². The summed E-state index contributed by atoms with van der Waals surface area (Å²) in [5.41, 5.74) is 7.25. The second kappa shape index (κ2) is 7.33. The predicted molar refractivity (Wildman–Crippen MR) is 116 cm³/mol. The van der Waals surface area contributed by atoms with Crippen LogP contribution in [0, 0.1) is 0 Å². The van der Waals surface area contributed by atoms with E-state index in [2.05, 4.69) is 15.3 Å². The number of carbonyl (C=O) groups excluding carboxylic acids is 1. The number of alkyl halides is 3. The number of benzene rings is 1. The Morgan fingerprint density at radius 3 is 2.69 bits per heavy atom. The van der Waals surface area contributed by atoms with Crippen LogP contribution in [0.4, 0.5) is 18.9 Å². The van der Waals surface area contributed by atoms with Crippen molar-refractivity contribution in [1.29, 1.82) is 0 Å². The fourth-order valence-electron chi connectivity index (χ4n) is 4.40. The number of hydrogen-bond acceptors (Lipinski definition) is 5. The molecule has 4 aromatic rings. The highest BCUT2D eigenvalue weighted by Gasteiger charge is 2.35. The number of nitrogens with one attached hydrogen (secondary N) is 1. The van der Waals surface area contributed by atoms with Crippen molar-refractivity contribution in [3.05, 3.63) is 47.7 Å². The van der Waals surface area contributed by atoms with Gasteiger partial charge in [0.05, 0.1) is 16.6 Å². The number of para-hydroxylation sites is 2. The molecule has 0 aliphatic carbocycles. The van der Waals surface area contributed by atoms with E-state index in [1.165, 1.54) is 11.4 Å². The molecule has 4 heterocycles. The highest BCUT2D eigenvalue weighted by molar-refractivity contribution is 6.07. The third kappa shape index (κ3) is 3.22. The monoisotopic (exact) mass is 442 g/mol. The largest absolute Gasteiger partial charge is 0.433 e. The molecular weight excluding hydrogens is 421 g/mol. The summed E-state index contributed by atoms with van der Waals surface area (Å²) in [4.78, 5) is 23.1. The number of fused-ring (bicyclic) bond motifs is 5. The number of carbonyl (C=O) groups is 1. The van der Waals surface area contributed by atoms with Crippen LogP contribution < -0.4 is 16.0 Å². The third-order valence-electron chi connectivity index (χ3n) is 5.88. The van der Waals surface area contributed by atoms with Gasteiger partial charge < -0.3 is 16.0 Å². The van der Waals surface area contributed by atoms with Crippen molar-refractivity contribution in [2.45, 2.75) is 25.1 Å². The lowest BCUT2D eigenvalue weighted by Crippen LogP contribution is -2.43. The van der Waals surface area contributed by atoms with Gasteiger partial charge in [-0.3, -0.25) is 9.20 Å². The van der Waals surface area contributed by atoms with Crippen LogP contribution in [0.1, 0.15) is 28.9 Å². The number of hydrogen-bond donors (Lipinski definition) is 2. The van der Waals surface area contributed by atoms with Crippen LogP contribution in [0.2, 0.25) is 0 Å². The molecule has 0 spiro atoms. The predicted octanol–water partition coefficient (Wildman–Crippen LogP) is 3.34. The number of rotatable bonds is 2. The van der Waals surface area contributed by atoms with Gasteiger partial charge in [-0.15, -0.1) is 0 Å². The van der Waals surface area contributed by atoms with Gasteiger partial charge in [-0.05, 0) is 37.1 Å². The Labute approximate surface area is 181 Å². The topological polar surface area (TPSA) is 88.5 Å². The quantitative estimate of drug-likeness (QED) is 0.497. The Bertz CT molecular complexity index is 1360. The van der Waals surface area contributed by atoms with Crippen LogP contribution in [0.25, 0.3) is 27.7 Å². The molecule has 7 nitrogen and oxygen atoms in total. The van der Waals surface area contributed by atoms with E-state index >= 15 is 0 Å². The SMILES string of the molecule is CNC(=O)c1cc2c(N3CCCC(N)C3)cc(C(F)(F)F)nc2n2c1nc1ccccc12. The number of aromatic nitrogens is 3. The summed E-state index contributed by atoms with van der Waals surface area (Å²) in [5, 5.41) is 3.04. The van der Waals surface area contributed by atoms with Crippen LogP contribution in [-0.2, 0) is 6.18 Å². The minimum Gasteiger partial charge on any atom is -0.369 e. The van der Waals surface area contributed by atoms with Gasteiger partial charge in [0.1, 0.15) is 11.3 Å². The zero-order valence-electron chi connectivity index (χ0n) is 17.3. The number of amides is 1. The van der Waals surface area contributed by atoms with Crippen molar-refractivity contribution in [1.82, 2.24) is 19.7 Å². The second-order valence-corrected chi connectivity index (χ2v) is 8.01. The van der Waals surface area contributed by atoms with Gasteiger partial charge in [-0.25, -0.2) is 9.97 Å². The van der Waals surface area contributed by atoms with Gasteiger partial charge in [0.15, 0.2) is 5.65 Å². The molecule has 32 heavy (non-hydrogen) atoms. The minimum absolute atomic E-state index is 0.102. The van der Waals surface area contributed by atoms with Crippen LogP contribution in [0.3, 0.4) is 0 Å². The molecule has 5 rings (SSSR count). The number of nitrogens with two attached hydrogens (primary N) is 1. The van der Waals surface area contributed by atoms with Crippen LogP contribution in [-0.4, -0.2) is 46.5 Å². The molecule has 0 radical (unpaired) electrons. The maximum Gasteiger partial charge on any atom is 0.433 e. The number of anilines is 1. The average molecular weight is 442 g/mol. The van der Waals surface area contributed by atoms with E-state index in [-0.39, 0.29) is 28.8 Å². The first-order valence-electron chi connectivity index (χ1n) is 10.3. The van der Waals surface area contributed by atoms with Gasteiger partial charge in [0.25, 0.3) is 5.91 Å². The fourth-order valence-corrected chi connectivity index (χ4v) is 4.40. The zero-order chi connectivity index (χ0) is 22.6. The highest BCUT2D eigenvalue weighted by atomic mass is 19.4. The standard InChI is InChI=1S/C22H21F3N6O/c1-27-21(32)14-9-13-17(30-8-4-5-12(26)11-30)10-18(22(23,24)25)29-19(13)31-16-7-3-2-6-15(16)28-20(14)31/h2-3,6-7,9-10,12H,4-5,8,11,26H2,1H3,(H,27,32). The molecule has 1 unspecified atom stereocenters. The zero-order valence-corrected chi connectivity index (χ0v) is 17.3. The summed E-state index contributed by atoms with van der Waals surface area (Å²) in [7, 11) is 1.50. The summed E-state index contributed by atoms with van der Waals surface area (Å²) < 4.78 is 43.1. The Kier molecular flexibility index (Phi) is 4.70. The summed E-state index contributed by atoms with van der Waals surface area (Å²) in [5.74, 6) is -0.381. The third-order valence-corrected chi connectivity index (χ3v) is 5.88. The number of pyridine rings is 2. The van der Waals surface area contributed by atoms with E-state index in [0.717, 1.165) is 18.9 Å². The molecule has 3 N–H and O–H groups in total. The van der Waals surface area contributed by atoms with E-state index in [9.17, 15) is 18.0 Å². The Morgan fingerprint density at radius 1 is 1.19 bits per heavy atom. The average Bonchev–Trinajstić information content (AvgIpc) is 3.16. The molecule has 1 saturated heterocycles. The Balaban J connectivity index is 1.94. The lowest BCUT2D eigenvalue weighted by Gasteiger charge is -2.33. The lowest BCUT2D eigenvalue weighted by atomic mass is 10.0. The number of halogens is 3. The van der Waals surface area contributed by atoms with Gasteiger partial charge in [-0.2, -0.15) is 13.2 Å². The first-order valence-corrected chi connectivity index (χ1v) is 10.3. The lowest BCUT2D eigenvalue weighted by molar-refractivity contribution is -0.140. The van der Waals surface area contributed by atoms with Crippen molar-refractivity contribution >= 4 is 39.3 Å². The number of nitrogens with zero attached hydrogens (tertiary/aromatic N) is 4. The van der Waals surface area contributed by atoms with E-state index in [1.807, 2.05) is 4.90 Å². The smallest absolute Gasteiger partial charge is 0.369 e. The first kappa shape index (κ1) is 20.5. The molecule has 1 amide bonds. The molecule has 0 bridgehead atoms. The van der Waals surface area contributed by atoms with E-state index in [0.29, 0.717) is 35.2 Å². The highest BCUT2D eigenvalue weighted by Crippen LogP contribution is 2.37. The Hall–Kier alpha value is -3.40. The van der Waals surface area contributed by atoms with Gasteiger partial charge in [-0.1, -0.05) is 12.1 Å². The summed E-state index contributed by atoms with van der Waals surface area (Å²) >= 11 is 0. The van der Waals surface area contributed by atoms with Gasteiger partial charge in [0, 0.05) is 37.3 Å². The molecule has 166 valence electrons. The van der Waals surface area contributed by atoms with Crippen LogP contribution >= 0.6 is 0 Å². The Morgan fingerprint density at radius 2 is 1.97 bits per heavy atom. The summed E-state index contributed by atoms with van der Waals surface area (Å²) in [6.07, 6.45) is -3.06. The normalized spacial score (nSPS) is 17.4. The van der Waals surface area contributed by atoms with Crippen LogP contribution in [0.15, 0.2) is 36.4 Å². The maximum atomic E-state index is 13.8. The molecule has 10 heteroatoms. The van der Waals surface area contributed by atoms with Crippen molar-refractivity contribution in [3.63, 3.8) is 0 Å². The van der Waals surface area contributed by atoms with Gasteiger partial charge in [0.2, 0.25) is 0 Å². The second-order valence-electron chi connectivity index (χ2n) is 8.01. The maximum absolute atomic E-state index is 13.8. The molecule has 3 aromatic heterocycles. The van der Waals surface area contributed by atoms with Crippen LogP contribution in [0.5, 0.6) is 0 Å². The summed E-state index contributed by atoms with van der Waals surface area (Å²) in [6.45, 7) is 0.997. The van der Waals surface area contributed by atoms with Crippen molar-refractivity contribution in [2.75, 3.05) is 25.0 Å². The number of imidazole rings is 1. The molecular formula is C22H21F3N6O. The van der Waals surface area contributed by atoms with Crippen molar-refractivity contribution in [3.8, 4) is 0 Å². The molecule has 0 saturated carbocycles.